The normalized spacial score (nSPS) is 19.7. The van der Waals surface area contributed by atoms with E-state index in [0.29, 0.717) is 17.1 Å². The largest absolute Gasteiger partial charge is 0.379 e. The summed E-state index contributed by atoms with van der Waals surface area (Å²) in [4.78, 5) is 12.0. The second-order valence-electron chi connectivity index (χ2n) is 4.69. The first-order chi connectivity index (χ1) is 9.22. The Labute approximate surface area is 121 Å². The lowest BCUT2D eigenvalue weighted by molar-refractivity contribution is 0.625. The maximum absolute atomic E-state index is 12.0. The van der Waals surface area contributed by atoms with Crippen molar-refractivity contribution in [2.45, 2.75) is 31.8 Å². The average Bonchev–Trinajstić information content (AvgIpc) is 2.67. The SMILES string of the molecule is C=CCn1ncc(NC2CCCCNC2)c(Br)c1=O. The van der Waals surface area contributed by atoms with Crippen molar-refractivity contribution in [3.8, 4) is 0 Å². The van der Waals surface area contributed by atoms with Gasteiger partial charge in [-0.05, 0) is 35.3 Å². The number of allylic oxidation sites excluding steroid dienone is 1. The van der Waals surface area contributed by atoms with Crippen LogP contribution in [0.1, 0.15) is 19.3 Å². The molecule has 1 atom stereocenters. The minimum Gasteiger partial charge on any atom is -0.379 e. The van der Waals surface area contributed by atoms with Crippen molar-refractivity contribution in [1.29, 1.82) is 0 Å². The smallest absolute Gasteiger partial charge is 0.283 e. The molecule has 1 aliphatic heterocycles. The number of rotatable bonds is 4. The topological polar surface area (TPSA) is 59.0 Å². The lowest BCUT2D eigenvalue weighted by Gasteiger charge is -2.18. The zero-order valence-electron chi connectivity index (χ0n) is 10.9. The summed E-state index contributed by atoms with van der Waals surface area (Å²) in [5.74, 6) is 0. The highest BCUT2D eigenvalue weighted by molar-refractivity contribution is 9.10. The molecule has 0 amide bonds. The zero-order valence-corrected chi connectivity index (χ0v) is 12.4. The molecule has 1 aromatic rings. The Morgan fingerprint density at radius 2 is 2.47 bits per heavy atom. The molecule has 1 unspecified atom stereocenters. The number of aromatic nitrogens is 2. The summed E-state index contributed by atoms with van der Waals surface area (Å²) in [5.41, 5.74) is 0.630. The lowest BCUT2D eigenvalue weighted by Crippen LogP contribution is -2.32. The minimum atomic E-state index is -0.133. The van der Waals surface area contributed by atoms with E-state index < -0.39 is 0 Å². The number of anilines is 1. The number of hydrogen-bond acceptors (Lipinski definition) is 4. The van der Waals surface area contributed by atoms with Gasteiger partial charge in [-0.3, -0.25) is 4.79 Å². The van der Waals surface area contributed by atoms with Crippen LogP contribution >= 0.6 is 15.9 Å². The number of hydrogen-bond donors (Lipinski definition) is 2. The van der Waals surface area contributed by atoms with Gasteiger partial charge in [-0.25, -0.2) is 4.68 Å². The van der Waals surface area contributed by atoms with Crippen LogP contribution in [0.5, 0.6) is 0 Å². The van der Waals surface area contributed by atoms with Crippen LogP contribution in [-0.2, 0) is 6.54 Å². The molecule has 104 valence electrons. The Hall–Kier alpha value is -1.14. The molecule has 0 saturated carbocycles. The quantitative estimate of drug-likeness (QED) is 0.827. The van der Waals surface area contributed by atoms with Crippen LogP contribution in [0.2, 0.25) is 0 Å². The maximum atomic E-state index is 12.0. The molecule has 0 aliphatic carbocycles. The van der Waals surface area contributed by atoms with E-state index in [2.05, 4.69) is 38.2 Å². The van der Waals surface area contributed by atoms with Crippen molar-refractivity contribution < 1.29 is 0 Å². The van der Waals surface area contributed by atoms with E-state index in [9.17, 15) is 4.79 Å². The first kappa shape index (κ1) is 14.3. The average molecular weight is 327 g/mol. The third-order valence-electron chi connectivity index (χ3n) is 3.19. The molecule has 2 heterocycles. The summed E-state index contributed by atoms with van der Waals surface area (Å²) in [6, 6.07) is 0.343. The van der Waals surface area contributed by atoms with Gasteiger partial charge < -0.3 is 10.6 Å². The Kier molecular flexibility index (Phi) is 5.15. The first-order valence-electron chi connectivity index (χ1n) is 6.56. The van der Waals surface area contributed by atoms with Gasteiger partial charge in [0.2, 0.25) is 0 Å². The second-order valence-corrected chi connectivity index (χ2v) is 5.48. The van der Waals surface area contributed by atoms with E-state index in [-0.39, 0.29) is 5.56 Å². The predicted octanol–water partition coefficient (Wildman–Crippen LogP) is 1.75. The van der Waals surface area contributed by atoms with Crippen molar-refractivity contribution in [2.75, 3.05) is 18.4 Å². The summed E-state index contributed by atoms with van der Waals surface area (Å²) in [6.45, 7) is 6.02. The molecule has 1 saturated heterocycles. The molecule has 19 heavy (non-hydrogen) atoms. The highest BCUT2D eigenvalue weighted by Crippen LogP contribution is 2.19. The van der Waals surface area contributed by atoms with Crippen molar-refractivity contribution in [3.63, 3.8) is 0 Å². The van der Waals surface area contributed by atoms with Crippen molar-refractivity contribution >= 4 is 21.6 Å². The molecular formula is C13H19BrN4O. The highest BCUT2D eigenvalue weighted by atomic mass is 79.9. The molecule has 0 aromatic carbocycles. The van der Waals surface area contributed by atoms with Crippen LogP contribution in [-0.4, -0.2) is 28.9 Å². The van der Waals surface area contributed by atoms with E-state index >= 15 is 0 Å². The number of nitrogens with zero attached hydrogens (tertiary/aromatic N) is 2. The van der Waals surface area contributed by atoms with Gasteiger partial charge >= 0.3 is 0 Å². The Balaban J connectivity index is 2.14. The summed E-state index contributed by atoms with van der Waals surface area (Å²) < 4.78 is 1.92. The van der Waals surface area contributed by atoms with Crippen LogP contribution in [0.4, 0.5) is 5.69 Å². The molecule has 0 spiro atoms. The van der Waals surface area contributed by atoms with Crippen LogP contribution < -0.4 is 16.2 Å². The van der Waals surface area contributed by atoms with Crippen molar-refractivity contribution in [1.82, 2.24) is 15.1 Å². The molecule has 2 N–H and O–H groups in total. The molecule has 0 bridgehead atoms. The maximum Gasteiger partial charge on any atom is 0.283 e. The Bertz CT molecular complexity index is 492. The highest BCUT2D eigenvalue weighted by Gasteiger charge is 2.15. The standard InChI is InChI=1S/C13H19BrN4O/c1-2-7-18-13(19)12(14)11(9-16-18)17-10-5-3-4-6-15-8-10/h2,9-10,15,17H,1,3-8H2. The summed E-state index contributed by atoms with van der Waals surface area (Å²) >= 11 is 3.36. The molecule has 0 radical (unpaired) electrons. The van der Waals surface area contributed by atoms with Gasteiger partial charge in [-0.2, -0.15) is 5.10 Å². The van der Waals surface area contributed by atoms with E-state index in [0.717, 1.165) is 25.2 Å². The predicted molar refractivity (Wildman–Crippen MR) is 80.5 cm³/mol. The fourth-order valence-corrected chi connectivity index (χ4v) is 2.60. The molecule has 1 aromatic heterocycles. The molecule has 1 fully saturated rings. The van der Waals surface area contributed by atoms with Gasteiger partial charge in [-0.1, -0.05) is 12.5 Å². The van der Waals surface area contributed by atoms with E-state index in [1.807, 2.05) is 0 Å². The van der Waals surface area contributed by atoms with Gasteiger partial charge in [0.25, 0.3) is 5.56 Å². The fourth-order valence-electron chi connectivity index (χ4n) is 2.18. The van der Waals surface area contributed by atoms with Crippen molar-refractivity contribution in [2.24, 2.45) is 0 Å². The van der Waals surface area contributed by atoms with Crippen LogP contribution in [0, 0.1) is 0 Å². The van der Waals surface area contributed by atoms with Crippen LogP contribution in [0.3, 0.4) is 0 Å². The van der Waals surface area contributed by atoms with Gasteiger partial charge in [0, 0.05) is 12.6 Å². The molecule has 6 heteroatoms. The first-order valence-corrected chi connectivity index (χ1v) is 7.35. The lowest BCUT2D eigenvalue weighted by atomic mass is 10.1. The van der Waals surface area contributed by atoms with Crippen LogP contribution in [0.15, 0.2) is 28.1 Å². The number of halogens is 1. The van der Waals surface area contributed by atoms with Gasteiger partial charge in [-0.15, -0.1) is 6.58 Å². The molecule has 2 rings (SSSR count). The van der Waals surface area contributed by atoms with Crippen LogP contribution in [0.25, 0.3) is 0 Å². The van der Waals surface area contributed by atoms with E-state index in [1.54, 1.807) is 12.3 Å². The van der Waals surface area contributed by atoms with Gasteiger partial charge in [0.05, 0.1) is 18.4 Å². The second kappa shape index (κ2) is 6.86. The monoisotopic (exact) mass is 326 g/mol. The zero-order chi connectivity index (χ0) is 13.7. The fraction of sp³-hybridized carbons (Fsp3) is 0.538. The molecular weight excluding hydrogens is 308 g/mol. The third kappa shape index (κ3) is 3.67. The molecule has 1 aliphatic rings. The number of nitrogens with one attached hydrogen (secondary N) is 2. The van der Waals surface area contributed by atoms with E-state index in [1.165, 1.54) is 17.5 Å². The third-order valence-corrected chi connectivity index (χ3v) is 3.96. The van der Waals surface area contributed by atoms with Gasteiger partial charge in [0.1, 0.15) is 4.47 Å². The Morgan fingerprint density at radius 1 is 1.63 bits per heavy atom. The Morgan fingerprint density at radius 3 is 3.26 bits per heavy atom. The molecule has 5 nitrogen and oxygen atoms in total. The van der Waals surface area contributed by atoms with Gasteiger partial charge in [0.15, 0.2) is 0 Å². The minimum absolute atomic E-state index is 0.133. The van der Waals surface area contributed by atoms with E-state index in [4.69, 9.17) is 0 Å². The summed E-state index contributed by atoms with van der Waals surface area (Å²) in [7, 11) is 0. The van der Waals surface area contributed by atoms with Crippen molar-refractivity contribution in [3.05, 3.63) is 33.7 Å². The summed E-state index contributed by atoms with van der Waals surface area (Å²) in [6.07, 6.45) is 6.86. The summed E-state index contributed by atoms with van der Waals surface area (Å²) in [5, 5.41) is 10.9.